The van der Waals surface area contributed by atoms with Gasteiger partial charge in [0.05, 0.1) is 10.9 Å². The molecule has 0 saturated carbocycles. The van der Waals surface area contributed by atoms with E-state index in [0.717, 1.165) is 4.47 Å². The van der Waals surface area contributed by atoms with Gasteiger partial charge in [-0.05, 0) is 58.7 Å². The molecular weight excluding hydrogens is 618 g/mol. The zero-order chi connectivity index (χ0) is 22.6. The Morgan fingerprint density at radius 2 is 1.90 bits per heavy atom. The van der Waals surface area contributed by atoms with Crippen LogP contribution in [0.4, 0.5) is 10.5 Å². The summed E-state index contributed by atoms with van der Waals surface area (Å²) in [6.07, 6.45) is 2.46. The maximum atomic E-state index is 12.8. The Labute approximate surface area is 205 Å². The minimum absolute atomic E-state index is 0.111. The van der Waals surface area contributed by atoms with E-state index in [0.29, 0.717) is 21.1 Å². The number of nitrogens with one attached hydrogen (secondary N) is 3. The third-order valence-electron chi connectivity index (χ3n) is 4.63. The number of urea groups is 1. The number of carbonyl (C=O) groups excluding carboxylic acids is 1. The predicted molar refractivity (Wildman–Crippen MR) is 128 cm³/mol. The van der Waals surface area contributed by atoms with Crippen LogP contribution in [0.25, 0.3) is 0 Å². The number of nitriles is 1. The Morgan fingerprint density at radius 3 is 2.61 bits per heavy atom. The van der Waals surface area contributed by atoms with Gasteiger partial charge in [0.1, 0.15) is 0 Å². The minimum atomic E-state index is -3.80. The van der Waals surface area contributed by atoms with Crippen LogP contribution in [0.1, 0.15) is 6.42 Å². The smallest absolute Gasteiger partial charge is 0.319 e. The second kappa shape index (κ2) is 10.3. The molecule has 2 unspecified atom stereocenters. The number of likely N-dealkylation sites (tertiary alicyclic amines) is 1. The molecule has 0 bridgehead atoms. The Kier molecular flexibility index (Phi) is 7.98. The molecule has 0 radical (unpaired) electrons. The van der Waals surface area contributed by atoms with Crippen molar-refractivity contribution in [2.45, 2.75) is 23.4 Å². The van der Waals surface area contributed by atoms with Gasteiger partial charge in [0.25, 0.3) is 0 Å². The van der Waals surface area contributed by atoms with E-state index in [1.165, 1.54) is 11.0 Å². The summed E-state index contributed by atoms with van der Waals surface area (Å²) in [4.78, 5) is 13.8. The highest BCUT2D eigenvalue weighted by atomic mass is 79.9. The fourth-order valence-corrected chi connectivity index (χ4v) is 6.38. The average molecular weight is 636 g/mol. The Bertz CT molecular complexity index is 1120. The van der Waals surface area contributed by atoms with Gasteiger partial charge in [-0.2, -0.15) is 5.26 Å². The fraction of sp³-hybridized carbons (Fsp3) is 0.263. The molecule has 3 rings (SSSR count). The normalized spacial score (nSPS) is 18.5. The van der Waals surface area contributed by atoms with Crippen molar-refractivity contribution in [1.82, 2.24) is 14.9 Å². The van der Waals surface area contributed by atoms with Crippen molar-refractivity contribution in [3.05, 3.63) is 55.9 Å². The third-order valence-corrected chi connectivity index (χ3v) is 8.13. The molecule has 0 aromatic heterocycles. The summed E-state index contributed by atoms with van der Waals surface area (Å²) < 4.78 is 30.2. The van der Waals surface area contributed by atoms with Gasteiger partial charge in [-0.3, -0.25) is 0 Å². The molecule has 1 heterocycles. The van der Waals surface area contributed by atoms with Crippen LogP contribution >= 0.6 is 47.8 Å². The van der Waals surface area contributed by atoms with Crippen LogP contribution in [0.2, 0.25) is 0 Å². The third kappa shape index (κ3) is 6.43. The molecule has 0 aliphatic carbocycles. The molecule has 8 nitrogen and oxygen atoms in total. The first-order valence-corrected chi connectivity index (χ1v) is 13.0. The molecule has 12 heteroatoms. The van der Waals surface area contributed by atoms with Crippen LogP contribution in [-0.4, -0.2) is 44.5 Å². The van der Waals surface area contributed by atoms with Gasteiger partial charge in [0.15, 0.2) is 6.19 Å². The fourth-order valence-electron chi connectivity index (χ4n) is 3.24. The van der Waals surface area contributed by atoms with Crippen molar-refractivity contribution in [2.24, 2.45) is 0 Å². The first-order valence-electron chi connectivity index (χ1n) is 9.12. The highest BCUT2D eigenvalue weighted by Crippen LogP contribution is 2.27. The molecular formula is C19H18Br3N5O3S. The second-order valence-electron chi connectivity index (χ2n) is 6.88. The minimum Gasteiger partial charge on any atom is -0.336 e. The lowest BCUT2D eigenvalue weighted by atomic mass is 10.2. The van der Waals surface area contributed by atoms with E-state index < -0.39 is 22.1 Å². The first kappa shape index (κ1) is 24.0. The summed E-state index contributed by atoms with van der Waals surface area (Å²) in [6.45, 7) is 0.424. The number of rotatable bonds is 6. The molecule has 2 atom stereocenters. The molecule has 1 aliphatic rings. The molecule has 164 valence electrons. The van der Waals surface area contributed by atoms with Gasteiger partial charge in [0.2, 0.25) is 10.0 Å². The van der Waals surface area contributed by atoms with E-state index in [2.05, 4.69) is 69.3 Å². The number of amides is 2. The van der Waals surface area contributed by atoms with Crippen molar-refractivity contribution in [3.8, 4) is 6.19 Å². The lowest BCUT2D eigenvalue weighted by molar-refractivity contribution is 0.248. The monoisotopic (exact) mass is 633 g/mol. The molecule has 2 aromatic rings. The largest absolute Gasteiger partial charge is 0.336 e. The summed E-state index contributed by atoms with van der Waals surface area (Å²) in [6, 6.07) is 10.9. The number of benzene rings is 2. The molecule has 2 aromatic carbocycles. The molecule has 1 fully saturated rings. The van der Waals surface area contributed by atoms with Crippen molar-refractivity contribution < 1.29 is 13.2 Å². The molecule has 0 spiro atoms. The maximum Gasteiger partial charge on any atom is 0.319 e. The lowest BCUT2D eigenvalue weighted by Gasteiger charge is -2.18. The highest BCUT2D eigenvalue weighted by molar-refractivity contribution is 9.11. The Balaban J connectivity index is 1.59. The number of hydrogen-bond acceptors (Lipinski definition) is 5. The summed E-state index contributed by atoms with van der Waals surface area (Å²) >= 11 is 9.89. The highest BCUT2D eigenvalue weighted by Gasteiger charge is 2.35. The van der Waals surface area contributed by atoms with Crippen LogP contribution < -0.4 is 15.4 Å². The topological polar surface area (TPSA) is 114 Å². The number of carbonyl (C=O) groups is 1. The molecule has 1 saturated heterocycles. The Morgan fingerprint density at radius 1 is 1.16 bits per heavy atom. The van der Waals surface area contributed by atoms with E-state index in [1.807, 2.05) is 6.07 Å². The second-order valence-corrected chi connectivity index (χ2v) is 11.2. The van der Waals surface area contributed by atoms with Gasteiger partial charge in [-0.1, -0.05) is 37.9 Å². The number of anilines is 1. The summed E-state index contributed by atoms with van der Waals surface area (Å²) in [5.41, 5.74) is 0.626. The number of hydrogen-bond donors (Lipinski definition) is 3. The average Bonchev–Trinajstić information content (AvgIpc) is 3.09. The van der Waals surface area contributed by atoms with Crippen LogP contribution in [0.3, 0.4) is 0 Å². The van der Waals surface area contributed by atoms with Crippen LogP contribution in [0.15, 0.2) is 60.8 Å². The van der Waals surface area contributed by atoms with Gasteiger partial charge in [-0.15, -0.1) is 0 Å². The van der Waals surface area contributed by atoms with Crippen LogP contribution in [0, 0.1) is 11.5 Å². The zero-order valence-corrected chi connectivity index (χ0v) is 21.6. The van der Waals surface area contributed by atoms with Crippen molar-refractivity contribution in [1.29, 1.82) is 5.26 Å². The van der Waals surface area contributed by atoms with Gasteiger partial charge in [0, 0.05) is 38.2 Å². The number of sulfonamides is 1. The zero-order valence-electron chi connectivity index (χ0n) is 16.0. The lowest BCUT2D eigenvalue weighted by Crippen LogP contribution is -2.39. The predicted octanol–water partition coefficient (Wildman–Crippen LogP) is 4.00. The van der Waals surface area contributed by atoms with E-state index in [-0.39, 0.29) is 24.0 Å². The first-order chi connectivity index (χ1) is 14.7. The van der Waals surface area contributed by atoms with E-state index >= 15 is 0 Å². The molecule has 31 heavy (non-hydrogen) atoms. The van der Waals surface area contributed by atoms with Gasteiger partial charge < -0.3 is 15.5 Å². The van der Waals surface area contributed by atoms with E-state index in [1.54, 1.807) is 30.3 Å². The number of nitrogens with zero attached hydrogens (tertiary/aromatic N) is 2. The summed E-state index contributed by atoms with van der Waals surface area (Å²) in [5, 5.41) is 14.9. The summed E-state index contributed by atoms with van der Waals surface area (Å²) in [7, 11) is -3.80. The van der Waals surface area contributed by atoms with Crippen LogP contribution in [-0.2, 0) is 10.0 Å². The van der Waals surface area contributed by atoms with Gasteiger partial charge in [-0.25, -0.2) is 17.9 Å². The SMILES string of the molecule is N#CN1CC(NS(=O)(=O)c2cc(Br)ccc2Br)CC1CNC(=O)Nc1cccc(Br)c1. The number of halogens is 3. The van der Waals surface area contributed by atoms with E-state index in [9.17, 15) is 18.5 Å². The summed E-state index contributed by atoms with van der Waals surface area (Å²) in [5.74, 6) is 0. The maximum absolute atomic E-state index is 12.8. The standard InChI is InChI=1S/C19H18Br3N5O3S/c20-12-2-1-3-14(6-12)25-19(28)24-9-16-8-15(10-27(16)11-23)26-31(29,30)18-7-13(21)4-5-17(18)22/h1-7,15-16,26H,8-10H2,(H2,24,25,28). The van der Waals surface area contributed by atoms with Crippen molar-refractivity contribution in [2.75, 3.05) is 18.4 Å². The van der Waals surface area contributed by atoms with Crippen LogP contribution in [0.5, 0.6) is 0 Å². The quantitative estimate of drug-likeness (QED) is 0.416. The van der Waals surface area contributed by atoms with Crippen molar-refractivity contribution in [3.63, 3.8) is 0 Å². The molecule has 2 amide bonds. The Hall–Kier alpha value is -1.65. The van der Waals surface area contributed by atoms with Crippen molar-refractivity contribution >= 4 is 69.5 Å². The van der Waals surface area contributed by atoms with Gasteiger partial charge >= 0.3 is 6.03 Å². The molecule has 3 N–H and O–H groups in total. The molecule has 1 aliphatic heterocycles. The van der Waals surface area contributed by atoms with E-state index in [4.69, 9.17) is 0 Å².